The first-order chi connectivity index (χ1) is 5.49. The zero-order chi connectivity index (χ0) is 9.19. The van der Waals surface area contributed by atoms with Crippen LogP contribution in [0.5, 0.6) is 0 Å². The molecule has 0 spiro atoms. The first kappa shape index (κ1) is 13.9. The summed E-state index contributed by atoms with van der Waals surface area (Å²) in [6.07, 6.45) is 0. The molecule has 13 heavy (non-hydrogen) atoms. The maximum atomic E-state index is 10.4. The third kappa shape index (κ3) is 5.34. The fourth-order valence-electron chi connectivity index (χ4n) is 0.806. The summed E-state index contributed by atoms with van der Waals surface area (Å²) in [6, 6.07) is 6.91. The molecular formula is C7H6INaO3S. The van der Waals surface area contributed by atoms with Crippen molar-refractivity contribution < 1.29 is 42.5 Å². The topological polar surface area (TPSA) is 57.2 Å². The molecule has 1 aromatic rings. The van der Waals surface area contributed by atoms with Crippen LogP contribution in [0.4, 0.5) is 0 Å². The summed E-state index contributed by atoms with van der Waals surface area (Å²) in [5.74, 6) is -0.424. The van der Waals surface area contributed by atoms with Crippen LogP contribution in [0.25, 0.3) is 0 Å². The van der Waals surface area contributed by atoms with Gasteiger partial charge in [-0.1, -0.05) is 18.2 Å². The summed E-state index contributed by atoms with van der Waals surface area (Å²) in [4.78, 5) is 0. The molecule has 0 radical (unpaired) electrons. The molecule has 0 amide bonds. The Morgan fingerprint density at radius 3 is 2.31 bits per heavy atom. The van der Waals surface area contributed by atoms with Crippen molar-refractivity contribution in [1.29, 1.82) is 0 Å². The van der Waals surface area contributed by atoms with E-state index in [9.17, 15) is 13.0 Å². The van der Waals surface area contributed by atoms with E-state index in [0.717, 1.165) is 3.57 Å². The molecule has 0 atom stereocenters. The van der Waals surface area contributed by atoms with Gasteiger partial charge < -0.3 is 4.55 Å². The molecule has 0 heterocycles. The zero-order valence-electron chi connectivity index (χ0n) is 7.03. The van der Waals surface area contributed by atoms with E-state index in [4.69, 9.17) is 0 Å². The third-order valence-corrected chi connectivity index (χ3v) is 3.01. The number of halogens is 1. The molecule has 0 N–H and O–H groups in total. The summed E-state index contributed by atoms with van der Waals surface area (Å²) in [6.45, 7) is 0. The zero-order valence-corrected chi connectivity index (χ0v) is 12.0. The molecule has 0 saturated carbocycles. The minimum Gasteiger partial charge on any atom is -0.748 e. The number of rotatable bonds is 2. The van der Waals surface area contributed by atoms with Gasteiger partial charge in [0.25, 0.3) is 0 Å². The SMILES string of the molecule is O=S(=O)([O-])Cc1ccccc1I.[Na+]. The Morgan fingerprint density at radius 1 is 1.31 bits per heavy atom. The van der Waals surface area contributed by atoms with Crippen LogP contribution < -0.4 is 29.6 Å². The molecule has 0 fully saturated rings. The Bertz CT molecular complexity index is 377. The van der Waals surface area contributed by atoms with Crippen molar-refractivity contribution >= 4 is 32.7 Å². The van der Waals surface area contributed by atoms with Gasteiger partial charge in [0.2, 0.25) is 0 Å². The van der Waals surface area contributed by atoms with Gasteiger partial charge in [-0.05, 0) is 34.2 Å². The number of hydrogen-bond acceptors (Lipinski definition) is 3. The van der Waals surface area contributed by atoms with Gasteiger partial charge in [-0.15, -0.1) is 0 Å². The van der Waals surface area contributed by atoms with Crippen molar-refractivity contribution in [2.24, 2.45) is 0 Å². The van der Waals surface area contributed by atoms with Crippen LogP contribution in [0.3, 0.4) is 0 Å². The summed E-state index contributed by atoms with van der Waals surface area (Å²) in [5.41, 5.74) is 0.563. The van der Waals surface area contributed by atoms with Crippen LogP contribution in [-0.4, -0.2) is 13.0 Å². The maximum Gasteiger partial charge on any atom is 1.00 e. The van der Waals surface area contributed by atoms with Crippen LogP contribution in [0.15, 0.2) is 24.3 Å². The fourth-order valence-corrected chi connectivity index (χ4v) is 2.28. The average Bonchev–Trinajstić information content (AvgIpc) is 1.91. The van der Waals surface area contributed by atoms with Crippen LogP contribution in [0.2, 0.25) is 0 Å². The predicted molar refractivity (Wildman–Crippen MR) is 52.6 cm³/mol. The summed E-state index contributed by atoms with van der Waals surface area (Å²) < 4.78 is 32.0. The molecule has 0 aliphatic carbocycles. The first-order valence-corrected chi connectivity index (χ1v) is 5.81. The molecule has 6 heteroatoms. The van der Waals surface area contributed by atoms with E-state index >= 15 is 0 Å². The van der Waals surface area contributed by atoms with Crippen molar-refractivity contribution in [3.63, 3.8) is 0 Å². The molecule has 0 aromatic heterocycles. The first-order valence-electron chi connectivity index (χ1n) is 3.16. The molecular weight excluding hydrogens is 314 g/mol. The Morgan fingerprint density at radius 2 is 1.85 bits per heavy atom. The van der Waals surface area contributed by atoms with Gasteiger partial charge in [0.15, 0.2) is 0 Å². The molecule has 1 aromatic carbocycles. The molecule has 0 saturated heterocycles. The molecule has 0 unspecified atom stereocenters. The van der Waals surface area contributed by atoms with Gasteiger partial charge in [0.1, 0.15) is 0 Å². The van der Waals surface area contributed by atoms with Gasteiger partial charge in [0.05, 0.1) is 15.9 Å². The van der Waals surface area contributed by atoms with E-state index in [-0.39, 0.29) is 29.6 Å². The average molecular weight is 320 g/mol. The predicted octanol–water partition coefficient (Wildman–Crippen LogP) is -1.66. The smallest absolute Gasteiger partial charge is 0.748 e. The largest absolute Gasteiger partial charge is 1.00 e. The summed E-state index contributed by atoms with van der Waals surface area (Å²) in [7, 11) is -4.15. The Hall–Kier alpha value is 0.860. The Kier molecular flexibility index (Phi) is 6.05. The van der Waals surface area contributed by atoms with Crippen LogP contribution in [-0.2, 0) is 15.9 Å². The third-order valence-electron chi connectivity index (χ3n) is 1.29. The van der Waals surface area contributed by atoms with Crippen molar-refractivity contribution in [2.45, 2.75) is 5.75 Å². The van der Waals surface area contributed by atoms with Gasteiger partial charge >= 0.3 is 29.6 Å². The number of hydrogen-bond donors (Lipinski definition) is 0. The normalized spacial score (nSPS) is 10.6. The fraction of sp³-hybridized carbons (Fsp3) is 0.143. The van der Waals surface area contributed by atoms with Crippen molar-refractivity contribution in [3.8, 4) is 0 Å². The van der Waals surface area contributed by atoms with Gasteiger partial charge in [-0.25, -0.2) is 8.42 Å². The van der Waals surface area contributed by atoms with Crippen LogP contribution in [0.1, 0.15) is 5.56 Å². The Balaban J connectivity index is 0.00000144. The molecule has 1 rings (SSSR count). The van der Waals surface area contributed by atoms with Crippen LogP contribution >= 0.6 is 22.6 Å². The van der Waals surface area contributed by atoms with Gasteiger partial charge in [0, 0.05) is 3.57 Å². The molecule has 0 aliphatic heterocycles. The van der Waals surface area contributed by atoms with Crippen LogP contribution in [0, 0.1) is 3.57 Å². The van der Waals surface area contributed by atoms with Gasteiger partial charge in [-0.3, -0.25) is 0 Å². The summed E-state index contributed by atoms with van der Waals surface area (Å²) in [5, 5.41) is 0. The monoisotopic (exact) mass is 320 g/mol. The molecule has 0 aliphatic rings. The second-order valence-electron chi connectivity index (χ2n) is 2.29. The minimum atomic E-state index is -4.15. The Labute approximate surface area is 113 Å². The van der Waals surface area contributed by atoms with E-state index in [1.54, 1.807) is 24.3 Å². The molecule has 66 valence electrons. The minimum absolute atomic E-state index is 0. The van der Waals surface area contributed by atoms with E-state index in [1.165, 1.54) is 0 Å². The van der Waals surface area contributed by atoms with Crippen molar-refractivity contribution in [2.75, 3.05) is 0 Å². The van der Waals surface area contributed by atoms with E-state index in [1.807, 2.05) is 22.6 Å². The second-order valence-corrected chi connectivity index (χ2v) is 4.86. The maximum absolute atomic E-state index is 10.4. The van der Waals surface area contributed by atoms with E-state index < -0.39 is 15.9 Å². The summed E-state index contributed by atoms with van der Waals surface area (Å²) >= 11 is 2.00. The molecule has 3 nitrogen and oxygen atoms in total. The molecule has 0 bridgehead atoms. The number of benzene rings is 1. The van der Waals surface area contributed by atoms with Gasteiger partial charge in [-0.2, -0.15) is 0 Å². The standard InChI is InChI=1S/C7H7IO3S.Na/c8-7-4-2-1-3-6(7)5-12(9,10)11;/h1-4H,5H2,(H,9,10,11);/q;+1/p-1. The quantitative estimate of drug-likeness (QED) is 0.372. The van der Waals surface area contributed by atoms with Crippen molar-refractivity contribution in [3.05, 3.63) is 33.4 Å². The second kappa shape index (κ2) is 5.67. The van der Waals surface area contributed by atoms with E-state index in [0.29, 0.717) is 5.56 Å². The van der Waals surface area contributed by atoms with E-state index in [2.05, 4.69) is 0 Å². The van der Waals surface area contributed by atoms with Crippen molar-refractivity contribution in [1.82, 2.24) is 0 Å².